The van der Waals surface area contributed by atoms with E-state index in [1.165, 1.54) is 10.8 Å². The van der Waals surface area contributed by atoms with Crippen LogP contribution in [-0.2, 0) is 14.0 Å². The number of hydrogen-bond acceptors (Lipinski definition) is 5. The zero-order chi connectivity index (χ0) is 15.6. The molecule has 1 aliphatic heterocycles. The lowest BCUT2D eigenvalue weighted by Crippen LogP contribution is -2.33. The van der Waals surface area contributed by atoms with Gasteiger partial charge in [-0.1, -0.05) is 0 Å². The van der Waals surface area contributed by atoms with Crippen LogP contribution in [0.4, 0.5) is 0 Å². The van der Waals surface area contributed by atoms with Gasteiger partial charge in [0, 0.05) is 18.2 Å². The highest BCUT2D eigenvalue weighted by Crippen LogP contribution is 2.34. The van der Waals surface area contributed by atoms with Gasteiger partial charge < -0.3 is 19.3 Å². The van der Waals surface area contributed by atoms with Crippen LogP contribution in [0.25, 0.3) is 0 Å². The number of ether oxygens (including phenoxy) is 2. The molecule has 9 nitrogen and oxygen atoms in total. The van der Waals surface area contributed by atoms with Crippen molar-refractivity contribution in [3.05, 3.63) is 32.6 Å². The van der Waals surface area contributed by atoms with Gasteiger partial charge in [-0.15, -0.1) is 0 Å². The van der Waals surface area contributed by atoms with E-state index in [0.29, 0.717) is 12.0 Å². The summed E-state index contributed by atoms with van der Waals surface area (Å²) in [6.45, 7) is 1.72. The first-order valence-electron chi connectivity index (χ1n) is 6.36. The summed E-state index contributed by atoms with van der Waals surface area (Å²) in [6, 6.07) is 0. The zero-order valence-corrected chi connectivity index (χ0v) is 12.3. The maximum Gasteiger partial charge on any atom is 0.330 e. The molecule has 0 unspecified atom stereocenters. The molecule has 3 N–H and O–H groups in total. The summed E-state index contributed by atoms with van der Waals surface area (Å²) in [4.78, 5) is 42.7. The second-order valence-corrected chi connectivity index (χ2v) is 6.66. The first-order valence-corrected chi connectivity index (χ1v) is 8.16. The highest BCUT2D eigenvalue weighted by molar-refractivity contribution is 7.51. The highest BCUT2D eigenvalue weighted by Gasteiger charge is 2.29. The summed E-state index contributed by atoms with van der Waals surface area (Å²) in [5.41, 5.74) is -0.612. The molecular weight excluding hydrogens is 303 g/mol. The van der Waals surface area contributed by atoms with Crippen LogP contribution in [-0.4, -0.2) is 44.8 Å². The molecule has 0 aliphatic carbocycles. The minimum absolute atomic E-state index is 0.0788. The molecule has 0 spiro atoms. The second kappa shape index (κ2) is 6.25. The third-order valence-corrected chi connectivity index (χ3v) is 3.90. The SMILES string of the molecule is Cc1cn([C@H]2C[C@@H](OCCP(=O)(O)O)CO2)c(=O)[nH]c1=O. The normalized spacial score (nSPS) is 22.6. The second-order valence-electron chi connectivity index (χ2n) is 4.88. The number of H-pyrrole nitrogens is 1. The van der Waals surface area contributed by atoms with E-state index in [0.717, 1.165) is 0 Å². The Balaban J connectivity index is 1.97. The average molecular weight is 320 g/mol. The Morgan fingerprint density at radius 2 is 2.24 bits per heavy atom. The lowest BCUT2D eigenvalue weighted by molar-refractivity contribution is 0.0280. The number of nitrogens with one attached hydrogen (secondary N) is 1. The fourth-order valence-electron chi connectivity index (χ4n) is 2.03. The monoisotopic (exact) mass is 320 g/mol. The zero-order valence-electron chi connectivity index (χ0n) is 11.4. The minimum Gasteiger partial charge on any atom is -0.375 e. The van der Waals surface area contributed by atoms with Crippen LogP contribution < -0.4 is 11.2 Å². The van der Waals surface area contributed by atoms with Gasteiger partial charge in [-0.25, -0.2) is 4.79 Å². The molecular formula is C11H17N2O7P. The molecule has 21 heavy (non-hydrogen) atoms. The van der Waals surface area contributed by atoms with Crippen molar-refractivity contribution in [3.63, 3.8) is 0 Å². The molecule has 1 aromatic heterocycles. The minimum atomic E-state index is -4.08. The topological polar surface area (TPSA) is 131 Å². The highest BCUT2D eigenvalue weighted by atomic mass is 31.2. The number of nitrogens with zero attached hydrogens (tertiary/aromatic N) is 1. The van der Waals surface area contributed by atoms with Crippen molar-refractivity contribution in [3.8, 4) is 0 Å². The first kappa shape index (κ1) is 16.1. The lowest BCUT2D eigenvalue weighted by atomic mass is 10.3. The average Bonchev–Trinajstić information content (AvgIpc) is 2.81. The number of hydrogen-bond donors (Lipinski definition) is 3. The molecule has 0 saturated carbocycles. The lowest BCUT2D eigenvalue weighted by Gasteiger charge is -2.13. The van der Waals surface area contributed by atoms with Gasteiger partial charge in [-0.2, -0.15) is 0 Å². The summed E-state index contributed by atoms with van der Waals surface area (Å²) in [7, 11) is -4.08. The summed E-state index contributed by atoms with van der Waals surface area (Å²) in [5, 5.41) is 0. The number of aryl methyl sites for hydroxylation is 1. The summed E-state index contributed by atoms with van der Waals surface area (Å²) < 4.78 is 22.7. The number of aromatic amines is 1. The largest absolute Gasteiger partial charge is 0.375 e. The van der Waals surface area contributed by atoms with Crippen molar-refractivity contribution < 1.29 is 23.8 Å². The summed E-state index contributed by atoms with van der Waals surface area (Å²) >= 11 is 0. The van der Waals surface area contributed by atoms with E-state index in [2.05, 4.69) is 4.98 Å². The molecule has 0 radical (unpaired) electrons. The Kier molecular flexibility index (Phi) is 4.80. The van der Waals surface area contributed by atoms with Crippen LogP contribution in [0, 0.1) is 6.92 Å². The molecule has 1 aromatic rings. The van der Waals surface area contributed by atoms with Gasteiger partial charge in [0.1, 0.15) is 6.23 Å². The molecule has 0 bridgehead atoms. The number of rotatable bonds is 5. The predicted molar refractivity (Wildman–Crippen MR) is 72.3 cm³/mol. The molecule has 1 saturated heterocycles. The Hall–Kier alpha value is -1.25. The molecule has 10 heteroatoms. The van der Waals surface area contributed by atoms with E-state index in [9.17, 15) is 14.2 Å². The van der Waals surface area contributed by atoms with Gasteiger partial charge in [0.25, 0.3) is 5.56 Å². The van der Waals surface area contributed by atoms with Gasteiger partial charge in [0.05, 0.1) is 25.5 Å². The van der Waals surface area contributed by atoms with E-state index in [-0.39, 0.29) is 25.5 Å². The Bertz CT molecular complexity index is 661. The molecule has 1 aliphatic rings. The van der Waals surface area contributed by atoms with E-state index >= 15 is 0 Å². The molecule has 118 valence electrons. The van der Waals surface area contributed by atoms with Crippen molar-refractivity contribution in [1.82, 2.24) is 9.55 Å². The Morgan fingerprint density at radius 1 is 1.52 bits per heavy atom. The molecule has 2 rings (SSSR count). The fourth-order valence-corrected chi connectivity index (χ4v) is 2.37. The van der Waals surface area contributed by atoms with Crippen molar-refractivity contribution >= 4 is 7.60 Å². The molecule has 2 atom stereocenters. The Morgan fingerprint density at radius 3 is 2.90 bits per heavy atom. The predicted octanol–water partition coefficient (Wildman–Crippen LogP) is -0.673. The fraction of sp³-hybridized carbons (Fsp3) is 0.636. The van der Waals surface area contributed by atoms with Crippen LogP contribution in [0.15, 0.2) is 15.8 Å². The van der Waals surface area contributed by atoms with Gasteiger partial charge in [-0.05, 0) is 6.92 Å². The molecule has 2 heterocycles. The standard InChI is InChI=1S/C11H17N2O7P/c1-7-5-13(11(15)12-10(7)14)9-4-8(6-20-9)19-2-3-21(16,17)18/h5,8-9H,2-4,6H2,1H3,(H,12,14,15)(H2,16,17,18)/t8-,9-/m1/s1. The van der Waals surface area contributed by atoms with Crippen molar-refractivity contribution in [2.24, 2.45) is 0 Å². The molecule has 0 amide bonds. The maximum absolute atomic E-state index is 11.7. The van der Waals surface area contributed by atoms with Crippen molar-refractivity contribution in [1.29, 1.82) is 0 Å². The van der Waals surface area contributed by atoms with Crippen molar-refractivity contribution in [2.75, 3.05) is 19.4 Å². The smallest absolute Gasteiger partial charge is 0.330 e. The molecule has 1 fully saturated rings. The van der Waals surface area contributed by atoms with E-state index < -0.39 is 25.1 Å². The first-order chi connectivity index (χ1) is 9.76. The van der Waals surface area contributed by atoms with Gasteiger partial charge in [0.2, 0.25) is 0 Å². The van der Waals surface area contributed by atoms with E-state index in [1.807, 2.05) is 0 Å². The summed E-state index contributed by atoms with van der Waals surface area (Å²) in [6.07, 6.45) is 0.524. The van der Waals surface area contributed by atoms with Crippen LogP contribution in [0.2, 0.25) is 0 Å². The van der Waals surface area contributed by atoms with E-state index in [4.69, 9.17) is 19.3 Å². The third kappa shape index (κ3) is 4.36. The van der Waals surface area contributed by atoms with Crippen LogP contribution in [0.3, 0.4) is 0 Å². The van der Waals surface area contributed by atoms with Gasteiger partial charge in [-0.3, -0.25) is 18.9 Å². The van der Waals surface area contributed by atoms with Gasteiger partial charge >= 0.3 is 13.3 Å². The maximum atomic E-state index is 11.7. The van der Waals surface area contributed by atoms with Gasteiger partial charge in [0.15, 0.2) is 0 Å². The summed E-state index contributed by atoms with van der Waals surface area (Å²) in [5.74, 6) is 0. The molecule has 0 aromatic carbocycles. The van der Waals surface area contributed by atoms with Crippen LogP contribution >= 0.6 is 7.60 Å². The Labute approximate surface area is 119 Å². The quantitative estimate of drug-likeness (QED) is 0.613. The van der Waals surface area contributed by atoms with Crippen molar-refractivity contribution in [2.45, 2.75) is 25.7 Å². The van der Waals surface area contributed by atoms with E-state index in [1.54, 1.807) is 6.92 Å². The third-order valence-electron chi connectivity index (χ3n) is 3.13. The van der Waals surface area contributed by atoms with Crippen LogP contribution in [0.5, 0.6) is 0 Å². The van der Waals surface area contributed by atoms with Crippen LogP contribution in [0.1, 0.15) is 18.2 Å². The number of aromatic nitrogens is 2.